The summed E-state index contributed by atoms with van der Waals surface area (Å²) in [5.41, 5.74) is 5.09. The molecule has 0 aliphatic carbocycles. The number of anilines is 4. The number of nitrogens with zero attached hydrogens (tertiary/aromatic N) is 2. The van der Waals surface area contributed by atoms with Gasteiger partial charge in [0.15, 0.2) is 12.6 Å². The van der Waals surface area contributed by atoms with Crippen LogP contribution in [0.3, 0.4) is 0 Å². The molecule has 5 rings (SSSR count). The van der Waals surface area contributed by atoms with E-state index in [4.69, 9.17) is 55.9 Å². The van der Waals surface area contributed by atoms with Gasteiger partial charge in [0.1, 0.15) is 16.2 Å². The first kappa shape index (κ1) is 34.7. The molecule has 5 aromatic rings. The summed E-state index contributed by atoms with van der Waals surface area (Å²) < 4.78 is 11.0. The number of aromatic nitrogens is 2. The maximum Gasteiger partial charge on any atom is 0.185 e. The standard InChI is InChI=1S/C19H14Cl2N2O.C14H13BrCl2N2O2/c1-12-5-2-3-6-14(12)18-13(11-24)9-10-17(22-18)23-19-15(20)7-4-8-16(19)21;1-20-14(21-2)8-6-7-11(19-13(8)15)18-12-9(16)4-3-5-10(12)17/h2-11H,1H3,(H,22,23);3-7,14H,1-2H3,(H,18,19). The van der Waals surface area contributed by atoms with Gasteiger partial charge in [-0.1, -0.05) is 82.8 Å². The summed E-state index contributed by atoms with van der Waals surface area (Å²) in [4.78, 5) is 20.4. The minimum absolute atomic E-state index is 0.482. The van der Waals surface area contributed by atoms with Gasteiger partial charge in [0.05, 0.1) is 37.2 Å². The van der Waals surface area contributed by atoms with E-state index >= 15 is 0 Å². The fraction of sp³-hybridized carbons (Fsp3) is 0.121. The number of rotatable bonds is 9. The minimum atomic E-state index is -0.482. The van der Waals surface area contributed by atoms with Crippen LogP contribution in [0, 0.1) is 6.92 Å². The lowest BCUT2D eigenvalue weighted by molar-refractivity contribution is -0.106. The molecule has 0 spiro atoms. The third-order valence-corrected chi connectivity index (χ3v) is 8.34. The fourth-order valence-electron chi connectivity index (χ4n) is 4.22. The Balaban J connectivity index is 0.000000207. The maximum atomic E-state index is 11.4. The second kappa shape index (κ2) is 16.4. The number of halogens is 5. The van der Waals surface area contributed by atoms with E-state index in [0.717, 1.165) is 23.0 Å². The zero-order chi connectivity index (χ0) is 32.5. The lowest BCUT2D eigenvalue weighted by atomic mass is 10.0. The molecule has 12 heteroatoms. The van der Waals surface area contributed by atoms with E-state index in [2.05, 4.69) is 36.5 Å². The first-order valence-electron chi connectivity index (χ1n) is 13.3. The summed E-state index contributed by atoms with van der Waals surface area (Å²) in [6, 6.07) is 25.5. The number of methoxy groups -OCH3 is 2. The monoisotopic (exact) mass is 746 g/mol. The van der Waals surface area contributed by atoms with Crippen LogP contribution in [0.25, 0.3) is 11.3 Å². The quantitative estimate of drug-likeness (QED) is 0.0882. The molecule has 232 valence electrons. The molecule has 2 heterocycles. The van der Waals surface area contributed by atoms with E-state index in [0.29, 0.717) is 59.0 Å². The Morgan fingerprint density at radius 2 is 1.22 bits per heavy atom. The van der Waals surface area contributed by atoms with Gasteiger partial charge >= 0.3 is 0 Å². The molecular formula is C33H27BrCl4N4O3. The van der Waals surface area contributed by atoms with Crippen molar-refractivity contribution in [2.75, 3.05) is 24.9 Å². The number of carbonyl (C=O) groups is 1. The molecule has 0 aliphatic rings. The minimum Gasteiger partial charge on any atom is -0.352 e. The average molecular weight is 749 g/mol. The largest absolute Gasteiger partial charge is 0.352 e. The summed E-state index contributed by atoms with van der Waals surface area (Å²) in [6.45, 7) is 1.98. The maximum absolute atomic E-state index is 11.4. The van der Waals surface area contributed by atoms with Gasteiger partial charge in [-0.25, -0.2) is 9.97 Å². The normalized spacial score (nSPS) is 10.7. The highest BCUT2D eigenvalue weighted by atomic mass is 79.9. The highest BCUT2D eigenvalue weighted by Crippen LogP contribution is 2.35. The Morgan fingerprint density at radius 1 is 0.711 bits per heavy atom. The van der Waals surface area contributed by atoms with E-state index in [9.17, 15) is 4.79 Å². The van der Waals surface area contributed by atoms with Crippen molar-refractivity contribution in [1.82, 2.24) is 9.97 Å². The summed E-state index contributed by atoms with van der Waals surface area (Å²) in [6.07, 6.45) is 0.325. The van der Waals surface area contributed by atoms with E-state index in [1.165, 1.54) is 0 Å². The van der Waals surface area contributed by atoms with Gasteiger partial charge in [0, 0.05) is 30.9 Å². The van der Waals surface area contributed by atoms with Crippen LogP contribution in [0.4, 0.5) is 23.0 Å². The first-order valence-corrected chi connectivity index (χ1v) is 15.6. The molecule has 0 amide bonds. The molecule has 0 aliphatic heterocycles. The van der Waals surface area contributed by atoms with Crippen molar-refractivity contribution < 1.29 is 14.3 Å². The Bertz CT molecular complexity index is 1760. The second-order valence-electron chi connectivity index (χ2n) is 9.39. The Kier molecular flexibility index (Phi) is 12.6. The lowest BCUT2D eigenvalue weighted by Crippen LogP contribution is -2.06. The summed E-state index contributed by atoms with van der Waals surface area (Å²) in [7, 11) is 3.13. The van der Waals surface area contributed by atoms with Crippen LogP contribution in [0.2, 0.25) is 20.1 Å². The molecule has 3 aromatic carbocycles. The van der Waals surface area contributed by atoms with Crippen molar-refractivity contribution in [3.8, 4) is 11.3 Å². The highest BCUT2D eigenvalue weighted by Gasteiger charge is 2.16. The zero-order valence-corrected chi connectivity index (χ0v) is 28.9. The van der Waals surface area contributed by atoms with Crippen LogP contribution in [0.15, 0.2) is 89.5 Å². The fourth-order valence-corrected chi connectivity index (χ4v) is 5.71. The topological polar surface area (TPSA) is 85.4 Å². The average Bonchev–Trinajstić information content (AvgIpc) is 3.03. The number of ether oxygens (including phenoxy) is 2. The molecule has 0 bridgehead atoms. The van der Waals surface area contributed by atoms with Crippen molar-refractivity contribution in [2.24, 2.45) is 0 Å². The predicted molar refractivity (Wildman–Crippen MR) is 188 cm³/mol. The summed E-state index contributed by atoms with van der Waals surface area (Å²) in [5, 5.41) is 8.28. The Morgan fingerprint density at radius 3 is 1.71 bits per heavy atom. The molecule has 0 radical (unpaired) electrons. The molecule has 0 atom stereocenters. The van der Waals surface area contributed by atoms with Gasteiger partial charge in [-0.15, -0.1) is 0 Å². The van der Waals surface area contributed by atoms with Crippen LogP contribution in [-0.4, -0.2) is 30.5 Å². The number of nitrogens with one attached hydrogen (secondary N) is 2. The molecule has 0 saturated carbocycles. The van der Waals surface area contributed by atoms with Gasteiger partial charge in [0.25, 0.3) is 0 Å². The second-order valence-corrected chi connectivity index (χ2v) is 11.8. The van der Waals surface area contributed by atoms with Crippen molar-refractivity contribution in [3.63, 3.8) is 0 Å². The van der Waals surface area contributed by atoms with Gasteiger partial charge in [-0.2, -0.15) is 0 Å². The summed E-state index contributed by atoms with van der Waals surface area (Å²) in [5.74, 6) is 1.17. The highest BCUT2D eigenvalue weighted by molar-refractivity contribution is 9.10. The van der Waals surface area contributed by atoms with Gasteiger partial charge in [0.2, 0.25) is 0 Å². The number of aryl methyl sites for hydroxylation is 1. The van der Waals surface area contributed by atoms with Crippen LogP contribution in [0.1, 0.15) is 27.8 Å². The molecular weight excluding hydrogens is 722 g/mol. The SMILES string of the molecule is COC(OC)c1ccc(Nc2c(Cl)cccc2Cl)nc1Br.Cc1ccccc1-c1nc(Nc2c(Cl)cccc2Cl)ccc1C=O. The van der Waals surface area contributed by atoms with Crippen molar-refractivity contribution in [2.45, 2.75) is 13.2 Å². The van der Waals surface area contributed by atoms with Crippen LogP contribution < -0.4 is 10.6 Å². The van der Waals surface area contributed by atoms with Crippen LogP contribution in [-0.2, 0) is 9.47 Å². The van der Waals surface area contributed by atoms with E-state index in [1.54, 1.807) is 68.8 Å². The van der Waals surface area contributed by atoms with Gasteiger partial charge in [-0.3, -0.25) is 4.79 Å². The molecule has 7 nitrogen and oxygen atoms in total. The third-order valence-electron chi connectivity index (χ3n) is 6.44. The van der Waals surface area contributed by atoms with Crippen molar-refractivity contribution in [3.05, 3.63) is 126 Å². The van der Waals surface area contributed by atoms with E-state index in [1.807, 2.05) is 37.3 Å². The van der Waals surface area contributed by atoms with Crippen molar-refractivity contribution in [1.29, 1.82) is 0 Å². The van der Waals surface area contributed by atoms with E-state index < -0.39 is 6.29 Å². The van der Waals surface area contributed by atoms with Crippen LogP contribution >= 0.6 is 62.3 Å². The molecule has 0 unspecified atom stereocenters. The Labute approximate surface area is 289 Å². The molecule has 45 heavy (non-hydrogen) atoms. The third kappa shape index (κ3) is 8.74. The predicted octanol–water partition coefficient (Wildman–Crippen LogP) is 11.1. The zero-order valence-electron chi connectivity index (χ0n) is 24.2. The van der Waals surface area contributed by atoms with Crippen LogP contribution in [0.5, 0.6) is 0 Å². The number of carbonyl (C=O) groups excluding carboxylic acids is 1. The summed E-state index contributed by atoms with van der Waals surface area (Å²) >= 11 is 28.0. The van der Waals surface area contributed by atoms with Crippen molar-refractivity contribution >= 4 is 91.6 Å². The first-order chi connectivity index (χ1) is 21.7. The Hall–Kier alpha value is -3.21. The number of hydrogen-bond donors (Lipinski definition) is 2. The smallest absolute Gasteiger partial charge is 0.185 e. The number of para-hydroxylation sites is 2. The van der Waals surface area contributed by atoms with E-state index in [-0.39, 0.29) is 0 Å². The number of hydrogen-bond acceptors (Lipinski definition) is 7. The molecule has 2 aromatic heterocycles. The molecule has 2 N–H and O–H groups in total. The molecule has 0 fully saturated rings. The molecule has 0 saturated heterocycles. The number of aldehydes is 1. The van der Waals surface area contributed by atoms with Gasteiger partial charge < -0.3 is 20.1 Å². The van der Waals surface area contributed by atoms with Gasteiger partial charge in [-0.05, 0) is 76.9 Å². The number of benzene rings is 3. The number of pyridine rings is 2. The lowest BCUT2D eigenvalue weighted by Gasteiger charge is -2.16.